The Bertz CT molecular complexity index is 780. The fourth-order valence-electron chi connectivity index (χ4n) is 2.26. The maximum Gasteiger partial charge on any atom is 0.338 e. The molecule has 2 aromatic carbocycles. The number of carbonyl (C=O) groups excluding carboxylic acids is 2. The Morgan fingerprint density at radius 2 is 1.67 bits per heavy atom. The van der Waals surface area contributed by atoms with Crippen molar-refractivity contribution in [2.24, 2.45) is 0 Å². The van der Waals surface area contributed by atoms with E-state index in [-0.39, 0.29) is 29.0 Å². The first-order valence-electron chi connectivity index (χ1n) is 7.11. The highest BCUT2D eigenvalue weighted by Gasteiger charge is 2.24. The molecule has 0 aliphatic rings. The Hall–Kier alpha value is -3.15. The molecule has 0 bridgehead atoms. The van der Waals surface area contributed by atoms with E-state index in [0.717, 1.165) is 12.7 Å². The van der Waals surface area contributed by atoms with Crippen LogP contribution in [0.5, 0.6) is 5.75 Å². The first kappa shape index (κ1) is 17.2. The molecule has 0 spiro atoms. The minimum absolute atomic E-state index is 0.132. The number of Topliss-reactive ketones (excluding diaryl/α,β-unsaturated/α-hetero) is 1. The number of esters is 1. The molecule has 6 heteroatoms. The van der Waals surface area contributed by atoms with Gasteiger partial charge in [-0.15, -0.1) is 0 Å². The summed E-state index contributed by atoms with van der Waals surface area (Å²) < 4.78 is 10.2. The third-order valence-corrected chi connectivity index (χ3v) is 3.35. The fourth-order valence-corrected chi connectivity index (χ4v) is 2.26. The van der Waals surface area contributed by atoms with Crippen molar-refractivity contribution in [2.75, 3.05) is 7.11 Å². The van der Waals surface area contributed by atoms with Crippen molar-refractivity contribution >= 4 is 17.7 Å². The molecule has 1 N–H and O–H groups in total. The molecule has 0 atom stereocenters. The summed E-state index contributed by atoms with van der Waals surface area (Å²) in [6.07, 6.45) is 0. The van der Waals surface area contributed by atoms with E-state index >= 15 is 0 Å². The van der Waals surface area contributed by atoms with Gasteiger partial charge in [0.15, 0.2) is 5.78 Å². The minimum atomic E-state index is -1.32. The van der Waals surface area contributed by atoms with Crippen molar-refractivity contribution in [3.05, 3.63) is 64.7 Å². The molecule has 2 aromatic rings. The predicted molar refractivity (Wildman–Crippen MR) is 85.5 cm³/mol. The quantitative estimate of drug-likeness (QED) is 0.648. The van der Waals surface area contributed by atoms with Gasteiger partial charge < -0.3 is 14.6 Å². The lowest BCUT2D eigenvalue weighted by molar-refractivity contribution is 0.0596. The van der Waals surface area contributed by atoms with Crippen LogP contribution in [0.3, 0.4) is 0 Å². The van der Waals surface area contributed by atoms with E-state index in [1.165, 1.54) is 19.1 Å². The van der Waals surface area contributed by atoms with Crippen LogP contribution in [0.15, 0.2) is 42.5 Å². The van der Waals surface area contributed by atoms with Gasteiger partial charge in [0.1, 0.15) is 12.4 Å². The maximum absolute atomic E-state index is 11.9. The normalized spacial score (nSPS) is 10.1. The third-order valence-electron chi connectivity index (χ3n) is 3.35. The average molecular weight is 328 g/mol. The zero-order chi connectivity index (χ0) is 17.7. The summed E-state index contributed by atoms with van der Waals surface area (Å²) in [5.41, 5.74) is 0.257. The SMILES string of the molecule is COC(=O)c1cc(OCc2ccccc2)cc(C(=O)O)c1C(C)=O. The Balaban J connectivity index is 2.45. The minimum Gasteiger partial charge on any atom is -0.489 e. The van der Waals surface area contributed by atoms with Crippen molar-refractivity contribution in [3.63, 3.8) is 0 Å². The zero-order valence-corrected chi connectivity index (χ0v) is 13.2. The largest absolute Gasteiger partial charge is 0.489 e. The molecule has 2 rings (SSSR count). The number of hydrogen-bond donors (Lipinski definition) is 1. The van der Waals surface area contributed by atoms with Crippen LogP contribution in [0, 0.1) is 0 Å². The summed E-state index contributed by atoms with van der Waals surface area (Å²) in [7, 11) is 1.16. The molecule has 6 nitrogen and oxygen atoms in total. The molecule has 0 aliphatic heterocycles. The molecule has 0 saturated heterocycles. The average Bonchev–Trinajstić information content (AvgIpc) is 2.59. The van der Waals surface area contributed by atoms with Crippen LogP contribution in [0.4, 0.5) is 0 Å². The number of carboxylic acids is 1. The second-order valence-electron chi connectivity index (χ2n) is 5.02. The standard InChI is InChI=1S/C18H16O6/c1-11(19)16-14(17(20)21)8-13(9-15(16)18(22)23-2)24-10-12-6-4-3-5-7-12/h3-9H,10H2,1-2H3,(H,20,21). The predicted octanol–water partition coefficient (Wildman–Crippen LogP) is 2.95. The smallest absolute Gasteiger partial charge is 0.338 e. The molecule has 0 unspecified atom stereocenters. The van der Waals surface area contributed by atoms with E-state index in [1.54, 1.807) is 0 Å². The molecule has 0 radical (unpaired) electrons. The van der Waals surface area contributed by atoms with Crippen molar-refractivity contribution in [1.29, 1.82) is 0 Å². The highest BCUT2D eigenvalue weighted by molar-refractivity contribution is 6.12. The Morgan fingerprint density at radius 1 is 1.04 bits per heavy atom. The van der Waals surface area contributed by atoms with Crippen LogP contribution in [0.25, 0.3) is 0 Å². The molecule has 0 amide bonds. The van der Waals surface area contributed by atoms with Gasteiger partial charge in [0.25, 0.3) is 0 Å². The van der Waals surface area contributed by atoms with Crippen molar-refractivity contribution in [2.45, 2.75) is 13.5 Å². The van der Waals surface area contributed by atoms with Gasteiger partial charge in [-0.3, -0.25) is 4.79 Å². The van der Waals surface area contributed by atoms with Gasteiger partial charge in [-0.1, -0.05) is 30.3 Å². The van der Waals surface area contributed by atoms with E-state index in [4.69, 9.17) is 4.74 Å². The van der Waals surface area contributed by atoms with Crippen LogP contribution >= 0.6 is 0 Å². The van der Waals surface area contributed by atoms with Gasteiger partial charge in [0.2, 0.25) is 0 Å². The molecule has 0 saturated carbocycles. The molecule has 0 heterocycles. The first-order valence-corrected chi connectivity index (χ1v) is 7.11. The van der Waals surface area contributed by atoms with Gasteiger partial charge in [0.05, 0.1) is 18.2 Å². The van der Waals surface area contributed by atoms with Gasteiger partial charge >= 0.3 is 11.9 Å². The van der Waals surface area contributed by atoms with Crippen molar-refractivity contribution in [3.8, 4) is 5.75 Å². The summed E-state index contributed by atoms with van der Waals surface area (Å²) in [4.78, 5) is 35.2. The molecule has 0 aliphatic carbocycles. The van der Waals surface area contributed by atoms with Gasteiger partial charge in [-0.05, 0) is 24.6 Å². The molecule has 124 valence electrons. The summed E-state index contributed by atoms with van der Waals surface area (Å²) in [6, 6.07) is 11.8. The fraction of sp³-hybridized carbons (Fsp3) is 0.167. The number of carbonyl (C=O) groups is 3. The highest BCUT2D eigenvalue weighted by atomic mass is 16.5. The van der Waals surface area contributed by atoms with Crippen molar-refractivity contribution < 1.29 is 29.0 Å². The molecule has 0 fully saturated rings. The molecular weight excluding hydrogens is 312 g/mol. The summed E-state index contributed by atoms with van der Waals surface area (Å²) >= 11 is 0. The lowest BCUT2D eigenvalue weighted by Gasteiger charge is -2.13. The monoisotopic (exact) mass is 328 g/mol. The van der Waals surface area contributed by atoms with Crippen molar-refractivity contribution in [1.82, 2.24) is 0 Å². The van der Waals surface area contributed by atoms with E-state index in [2.05, 4.69) is 4.74 Å². The summed E-state index contributed by atoms with van der Waals surface area (Å²) in [5, 5.41) is 9.34. The van der Waals surface area contributed by atoms with Crippen LogP contribution in [0.1, 0.15) is 43.6 Å². The number of benzene rings is 2. The van der Waals surface area contributed by atoms with Gasteiger partial charge in [0, 0.05) is 5.56 Å². The number of methoxy groups -OCH3 is 1. The van der Waals surface area contributed by atoms with Crippen LogP contribution in [-0.2, 0) is 11.3 Å². The third kappa shape index (κ3) is 3.78. The van der Waals surface area contributed by atoms with E-state index in [9.17, 15) is 19.5 Å². The lowest BCUT2D eigenvalue weighted by atomic mass is 9.97. The highest BCUT2D eigenvalue weighted by Crippen LogP contribution is 2.25. The summed E-state index contributed by atoms with van der Waals surface area (Å²) in [5.74, 6) is -2.49. The number of aromatic carboxylic acids is 1. The van der Waals surface area contributed by atoms with E-state index in [0.29, 0.717) is 0 Å². The lowest BCUT2D eigenvalue weighted by Crippen LogP contribution is -2.15. The second kappa shape index (κ2) is 7.41. The summed E-state index contributed by atoms with van der Waals surface area (Å²) in [6.45, 7) is 1.39. The van der Waals surface area contributed by atoms with Crippen LogP contribution < -0.4 is 4.74 Å². The Kier molecular flexibility index (Phi) is 5.31. The number of carboxylic acid groups (broad SMARTS) is 1. The topological polar surface area (TPSA) is 89.9 Å². The molecule has 24 heavy (non-hydrogen) atoms. The van der Waals surface area contributed by atoms with Gasteiger partial charge in [-0.2, -0.15) is 0 Å². The molecular formula is C18H16O6. The Labute approximate surface area is 138 Å². The number of ether oxygens (including phenoxy) is 2. The van der Waals surface area contributed by atoms with Crippen LogP contribution in [-0.4, -0.2) is 29.9 Å². The maximum atomic E-state index is 11.9. The van der Waals surface area contributed by atoms with Gasteiger partial charge in [-0.25, -0.2) is 9.59 Å². The first-order chi connectivity index (χ1) is 11.4. The Morgan fingerprint density at radius 3 is 2.21 bits per heavy atom. The van der Waals surface area contributed by atoms with Crippen LogP contribution in [0.2, 0.25) is 0 Å². The van der Waals surface area contributed by atoms with E-state index < -0.39 is 17.7 Å². The second-order valence-corrected chi connectivity index (χ2v) is 5.02. The number of rotatable bonds is 6. The zero-order valence-electron chi connectivity index (χ0n) is 13.2. The molecule has 0 aromatic heterocycles. The number of ketones is 1. The van der Waals surface area contributed by atoms with E-state index in [1.807, 2.05) is 30.3 Å². The number of hydrogen-bond acceptors (Lipinski definition) is 5.